The minimum atomic E-state index is -1.06. The van der Waals surface area contributed by atoms with E-state index < -0.39 is 21.1 Å². The van der Waals surface area contributed by atoms with E-state index in [1.54, 1.807) is 18.4 Å². The molecule has 5 aromatic rings. The molecule has 2 heterocycles. The van der Waals surface area contributed by atoms with E-state index >= 15 is 0 Å². The van der Waals surface area contributed by atoms with Crippen LogP contribution in [0.3, 0.4) is 0 Å². The number of hydrogen-bond acceptors (Lipinski definition) is 3. The van der Waals surface area contributed by atoms with Crippen molar-refractivity contribution in [3.63, 3.8) is 0 Å². The molecule has 0 saturated carbocycles. The number of hydrogen-bond donors (Lipinski definition) is 0. The van der Waals surface area contributed by atoms with Gasteiger partial charge in [-0.15, -0.1) is 0 Å². The summed E-state index contributed by atoms with van der Waals surface area (Å²) < 4.78 is 33.3. The van der Waals surface area contributed by atoms with Gasteiger partial charge in [-0.2, -0.15) is 0 Å². The van der Waals surface area contributed by atoms with Gasteiger partial charge in [-0.05, 0) is 0 Å². The van der Waals surface area contributed by atoms with Gasteiger partial charge < -0.3 is 0 Å². The van der Waals surface area contributed by atoms with Crippen LogP contribution in [0.15, 0.2) is 106 Å². The van der Waals surface area contributed by atoms with Crippen LogP contribution < -0.4 is 12.1 Å². The van der Waals surface area contributed by atoms with Gasteiger partial charge in [0.25, 0.3) is 0 Å². The van der Waals surface area contributed by atoms with E-state index in [-0.39, 0.29) is 5.82 Å². The quantitative estimate of drug-likeness (QED) is 0.234. The Balaban J connectivity index is 1.39. The third-order valence-corrected chi connectivity index (χ3v) is 8.52. The van der Waals surface area contributed by atoms with Gasteiger partial charge in [0.2, 0.25) is 0 Å². The van der Waals surface area contributed by atoms with Crippen molar-refractivity contribution in [2.45, 2.75) is 6.92 Å². The molecule has 0 amide bonds. The van der Waals surface area contributed by atoms with E-state index in [0.717, 1.165) is 43.3 Å². The molecule has 2 aromatic heterocycles. The first-order valence-electron chi connectivity index (χ1n) is 10.7. The first-order valence-corrected chi connectivity index (χ1v) is 13.6. The summed E-state index contributed by atoms with van der Waals surface area (Å²) in [5, 5.41) is 0. The second-order valence-electron chi connectivity index (χ2n) is 7.50. The van der Waals surface area contributed by atoms with Crippen LogP contribution in [0.4, 0.5) is 4.39 Å². The van der Waals surface area contributed by atoms with Crippen molar-refractivity contribution in [3.05, 3.63) is 103 Å². The summed E-state index contributed by atoms with van der Waals surface area (Å²) in [4.78, 5) is 0. The summed E-state index contributed by atoms with van der Waals surface area (Å²) in [6, 6.07) is 28.9. The van der Waals surface area contributed by atoms with Crippen molar-refractivity contribution < 1.29 is 18.0 Å². The Morgan fingerprint density at radius 2 is 1.61 bits per heavy atom. The van der Waals surface area contributed by atoms with Gasteiger partial charge in [0, 0.05) is 0 Å². The second kappa shape index (κ2) is 9.71. The molecule has 0 aliphatic rings. The maximum atomic E-state index is 13.3. The van der Waals surface area contributed by atoms with Gasteiger partial charge in [-0.25, -0.2) is 4.39 Å². The molecule has 3 aromatic carbocycles. The van der Waals surface area contributed by atoms with E-state index in [1.807, 2.05) is 49.4 Å². The fourth-order valence-corrected chi connectivity index (χ4v) is 6.40. The summed E-state index contributed by atoms with van der Waals surface area (Å²) in [6.07, 6.45) is 1.68. The first-order chi connectivity index (χ1) is 16.2. The van der Waals surface area contributed by atoms with Crippen LogP contribution in [0.5, 0.6) is 5.75 Å². The van der Waals surface area contributed by atoms with Crippen LogP contribution in [0.1, 0.15) is 6.92 Å². The number of rotatable bonds is 7. The molecule has 5 heteroatoms. The van der Waals surface area contributed by atoms with Crippen LogP contribution in [0, 0.1) is 5.82 Å². The van der Waals surface area contributed by atoms with E-state index in [0.29, 0.717) is 6.61 Å². The molecule has 5 rings (SSSR count). The van der Waals surface area contributed by atoms with Crippen molar-refractivity contribution in [1.29, 1.82) is 0 Å². The summed E-state index contributed by atoms with van der Waals surface area (Å²) in [7, 11) is 0. The zero-order chi connectivity index (χ0) is 22.6. The third kappa shape index (κ3) is 4.91. The molecule has 0 aliphatic carbocycles. The van der Waals surface area contributed by atoms with Gasteiger partial charge in [0.15, 0.2) is 0 Å². The Labute approximate surface area is 202 Å². The monoisotopic (exact) mass is 544 g/mol. The van der Waals surface area contributed by atoms with Gasteiger partial charge in [-0.1, -0.05) is 0 Å². The molecule has 0 N–H and O–H groups in total. The van der Waals surface area contributed by atoms with Gasteiger partial charge in [-0.3, -0.25) is 0 Å². The zero-order valence-electron chi connectivity index (χ0n) is 18.0. The Hall–Kier alpha value is -3.25. The van der Waals surface area contributed by atoms with E-state index in [4.69, 9.17) is 13.6 Å². The zero-order valence-corrected chi connectivity index (χ0v) is 20.9. The SMILES string of the molecule is CCOc1cc[c]([Sn][c]2ccc(-c3ccoc3-c3cccc(-c4ccc(F)cc4)c3)o2)cc1. The predicted molar refractivity (Wildman–Crippen MR) is 130 cm³/mol. The number of ether oxygens (including phenoxy) is 1. The summed E-state index contributed by atoms with van der Waals surface area (Å²) >= 11 is -1.06. The van der Waals surface area contributed by atoms with Crippen molar-refractivity contribution in [3.8, 4) is 39.5 Å². The summed E-state index contributed by atoms with van der Waals surface area (Å²) in [6.45, 7) is 2.65. The fourth-order valence-electron chi connectivity index (χ4n) is 3.70. The summed E-state index contributed by atoms with van der Waals surface area (Å²) in [5.74, 6) is 2.21. The fraction of sp³-hybridized carbons (Fsp3) is 0.0714. The molecule has 0 spiro atoms. The second-order valence-corrected chi connectivity index (χ2v) is 11.3. The third-order valence-electron chi connectivity index (χ3n) is 5.27. The minimum absolute atomic E-state index is 0.244. The molecule has 0 unspecified atom stereocenters. The van der Waals surface area contributed by atoms with Crippen LogP contribution in [-0.2, 0) is 0 Å². The van der Waals surface area contributed by atoms with Crippen molar-refractivity contribution in [2.75, 3.05) is 6.61 Å². The topological polar surface area (TPSA) is 35.5 Å². The van der Waals surface area contributed by atoms with Crippen LogP contribution in [0.25, 0.3) is 33.8 Å². The molecular formula is C28H21FO3Sn. The van der Waals surface area contributed by atoms with Gasteiger partial charge in [0.1, 0.15) is 0 Å². The number of benzene rings is 3. The molecule has 2 radical (unpaired) electrons. The normalized spacial score (nSPS) is 11.0. The molecule has 0 saturated heterocycles. The molecule has 0 fully saturated rings. The van der Waals surface area contributed by atoms with E-state index in [9.17, 15) is 4.39 Å². The molecule has 0 aliphatic heterocycles. The standard InChI is InChI=1S/C20H12FO2.C8H9O.Sn/c21-17-8-6-14(7-9-17)15-3-1-4-16(13-15)20-18(10-12-23-20)19-5-2-11-22-19;1-2-9-8-6-4-3-5-7-8;/h1-10,12-13H;4-7H,2H2,1H3;. The molecule has 0 bridgehead atoms. The average Bonchev–Trinajstić information content (AvgIpc) is 3.51. The molecule has 33 heavy (non-hydrogen) atoms. The Bertz CT molecular complexity index is 1350. The van der Waals surface area contributed by atoms with E-state index in [1.165, 1.54) is 15.7 Å². The van der Waals surface area contributed by atoms with Crippen molar-refractivity contribution >= 4 is 28.5 Å². The molecule has 3 nitrogen and oxygen atoms in total. The molecule has 162 valence electrons. The van der Waals surface area contributed by atoms with Gasteiger partial charge in [0.05, 0.1) is 0 Å². The summed E-state index contributed by atoms with van der Waals surface area (Å²) in [5.41, 5.74) is 3.82. The Morgan fingerprint density at radius 3 is 2.39 bits per heavy atom. The van der Waals surface area contributed by atoms with Crippen LogP contribution in [0.2, 0.25) is 0 Å². The Morgan fingerprint density at radius 1 is 0.818 bits per heavy atom. The average molecular weight is 543 g/mol. The molecule has 0 atom stereocenters. The first kappa shape index (κ1) is 21.6. The van der Waals surface area contributed by atoms with E-state index in [2.05, 4.69) is 24.3 Å². The maximum absolute atomic E-state index is 13.3. The Kier molecular flexibility index (Phi) is 6.35. The van der Waals surface area contributed by atoms with Crippen molar-refractivity contribution in [2.24, 2.45) is 0 Å². The molecular weight excluding hydrogens is 522 g/mol. The van der Waals surface area contributed by atoms with Crippen molar-refractivity contribution in [1.82, 2.24) is 0 Å². The number of furan rings is 2. The van der Waals surface area contributed by atoms with Gasteiger partial charge >= 0.3 is 198 Å². The predicted octanol–water partition coefficient (Wildman–Crippen LogP) is 6.07. The van der Waals surface area contributed by atoms with Crippen LogP contribution in [-0.4, -0.2) is 27.7 Å². The van der Waals surface area contributed by atoms with Crippen LogP contribution >= 0.6 is 0 Å². The number of halogens is 1.